The Labute approximate surface area is 134 Å². The molecule has 1 amide bonds. The third kappa shape index (κ3) is 4.42. The molecular weight excluding hydrogens is 300 g/mol. The quantitative estimate of drug-likeness (QED) is 0.856. The van der Waals surface area contributed by atoms with Crippen molar-refractivity contribution in [3.05, 3.63) is 29.0 Å². The second kappa shape index (κ2) is 6.62. The SMILES string of the molecule is Cc1ccc(-c2nc(C(=O)NCC(C)(C)CC(C)O)cs2)o1. The van der Waals surface area contributed by atoms with Crippen LogP contribution in [0.15, 0.2) is 21.9 Å². The van der Waals surface area contributed by atoms with Crippen molar-refractivity contribution in [1.29, 1.82) is 0 Å². The Morgan fingerprint density at radius 1 is 1.50 bits per heavy atom. The monoisotopic (exact) mass is 322 g/mol. The number of hydrogen-bond acceptors (Lipinski definition) is 5. The van der Waals surface area contributed by atoms with E-state index in [0.29, 0.717) is 29.4 Å². The van der Waals surface area contributed by atoms with Gasteiger partial charge < -0.3 is 14.8 Å². The smallest absolute Gasteiger partial charge is 0.270 e. The summed E-state index contributed by atoms with van der Waals surface area (Å²) in [5.74, 6) is 1.29. The van der Waals surface area contributed by atoms with Crippen LogP contribution in [0.4, 0.5) is 0 Å². The van der Waals surface area contributed by atoms with Crippen molar-refractivity contribution in [2.45, 2.75) is 40.2 Å². The molecule has 120 valence electrons. The lowest BCUT2D eigenvalue weighted by Crippen LogP contribution is -2.35. The number of carbonyl (C=O) groups excluding carboxylic acids is 1. The van der Waals surface area contributed by atoms with Crippen molar-refractivity contribution >= 4 is 17.2 Å². The van der Waals surface area contributed by atoms with Crippen LogP contribution in [0.5, 0.6) is 0 Å². The van der Waals surface area contributed by atoms with E-state index in [1.807, 2.05) is 32.9 Å². The molecule has 0 aliphatic carbocycles. The van der Waals surface area contributed by atoms with E-state index < -0.39 is 0 Å². The molecule has 0 saturated heterocycles. The van der Waals surface area contributed by atoms with Gasteiger partial charge in [-0.25, -0.2) is 4.98 Å². The second-order valence-corrected chi connectivity index (χ2v) is 7.21. The number of amides is 1. The zero-order valence-electron chi connectivity index (χ0n) is 13.3. The Balaban J connectivity index is 1.98. The van der Waals surface area contributed by atoms with E-state index in [1.54, 1.807) is 12.3 Å². The van der Waals surface area contributed by atoms with E-state index >= 15 is 0 Å². The summed E-state index contributed by atoms with van der Waals surface area (Å²) in [7, 11) is 0. The molecule has 2 aromatic heterocycles. The number of hydrogen-bond donors (Lipinski definition) is 2. The van der Waals surface area contributed by atoms with Crippen LogP contribution in [0.1, 0.15) is 43.4 Å². The number of aryl methyl sites for hydroxylation is 1. The molecule has 0 radical (unpaired) electrons. The van der Waals surface area contributed by atoms with E-state index in [4.69, 9.17) is 4.42 Å². The summed E-state index contributed by atoms with van der Waals surface area (Å²) >= 11 is 1.38. The van der Waals surface area contributed by atoms with Crippen molar-refractivity contribution in [1.82, 2.24) is 10.3 Å². The first-order valence-corrected chi connectivity index (χ1v) is 8.13. The number of nitrogens with one attached hydrogen (secondary N) is 1. The van der Waals surface area contributed by atoms with Gasteiger partial charge in [0.2, 0.25) is 0 Å². The predicted molar refractivity (Wildman–Crippen MR) is 87.0 cm³/mol. The van der Waals surface area contributed by atoms with Gasteiger partial charge in [-0.15, -0.1) is 11.3 Å². The Morgan fingerprint density at radius 2 is 2.23 bits per heavy atom. The highest BCUT2D eigenvalue weighted by atomic mass is 32.1. The van der Waals surface area contributed by atoms with Crippen LogP contribution in [-0.2, 0) is 0 Å². The van der Waals surface area contributed by atoms with Crippen LogP contribution >= 0.6 is 11.3 Å². The third-order valence-electron chi connectivity index (χ3n) is 3.26. The maximum absolute atomic E-state index is 12.2. The maximum atomic E-state index is 12.2. The highest BCUT2D eigenvalue weighted by molar-refractivity contribution is 7.13. The molecule has 0 fully saturated rings. The van der Waals surface area contributed by atoms with Gasteiger partial charge in [-0.2, -0.15) is 0 Å². The standard InChI is InChI=1S/C16H22N2O3S/c1-10(19)7-16(3,4)9-17-14(20)12-8-22-15(18-12)13-6-5-11(2)21-13/h5-6,8,10,19H,7,9H2,1-4H3,(H,17,20). The number of carbonyl (C=O) groups is 1. The summed E-state index contributed by atoms with van der Waals surface area (Å²) in [4.78, 5) is 16.5. The Kier molecular flexibility index (Phi) is 5.03. The Morgan fingerprint density at radius 3 is 2.82 bits per heavy atom. The summed E-state index contributed by atoms with van der Waals surface area (Å²) in [6.07, 6.45) is 0.237. The van der Waals surface area contributed by atoms with E-state index in [-0.39, 0.29) is 17.4 Å². The first kappa shape index (κ1) is 16.7. The lowest BCUT2D eigenvalue weighted by Gasteiger charge is -2.26. The van der Waals surface area contributed by atoms with Crippen LogP contribution in [0, 0.1) is 12.3 Å². The summed E-state index contributed by atoms with van der Waals surface area (Å²) in [6, 6.07) is 3.72. The van der Waals surface area contributed by atoms with Crippen LogP contribution < -0.4 is 5.32 Å². The van der Waals surface area contributed by atoms with Crippen molar-refractivity contribution < 1.29 is 14.3 Å². The van der Waals surface area contributed by atoms with Crippen LogP contribution in [0.2, 0.25) is 0 Å². The molecule has 2 N–H and O–H groups in total. The minimum absolute atomic E-state index is 0.166. The largest absolute Gasteiger partial charge is 0.459 e. The van der Waals surface area contributed by atoms with Crippen LogP contribution in [0.25, 0.3) is 10.8 Å². The van der Waals surface area contributed by atoms with Gasteiger partial charge in [0.1, 0.15) is 11.5 Å². The fourth-order valence-electron chi connectivity index (χ4n) is 2.32. The number of aliphatic hydroxyl groups is 1. The number of thiazole rings is 1. The molecule has 0 spiro atoms. The lowest BCUT2D eigenvalue weighted by atomic mass is 9.87. The molecule has 0 aliphatic heterocycles. The van der Waals surface area contributed by atoms with Gasteiger partial charge >= 0.3 is 0 Å². The zero-order valence-corrected chi connectivity index (χ0v) is 14.2. The first-order valence-electron chi connectivity index (χ1n) is 7.25. The van der Waals surface area contributed by atoms with Crippen molar-refractivity contribution in [3.63, 3.8) is 0 Å². The number of aromatic nitrogens is 1. The minimum atomic E-state index is -0.389. The van der Waals surface area contributed by atoms with Crippen LogP contribution in [-0.4, -0.2) is 28.6 Å². The number of furan rings is 1. The lowest BCUT2D eigenvalue weighted by molar-refractivity contribution is 0.0898. The van der Waals surface area contributed by atoms with Gasteiger partial charge in [0.15, 0.2) is 10.8 Å². The molecular formula is C16H22N2O3S. The fraction of sp³-hybridized carbons (Fsp3) is 0.500. The normalized spacial score (nSPS) is 13.1. The van der Waals surface area contributed by atoms with Crippen LogP contribution in [0.3, 0.4) is 0 Å². The van der Waals surface area contributed by atoms with Crippen molar-refractivity contribution in [2.75, 3.05) is 6.54 Å². The van der Waals surface area contributed by atoms with E-state index in [1.165, 1.54) is 11.3 Å². The average molecular weight is 322 g/mol. The zero-order chi connectivity index (χ0) is 16.3. The van der Waals surface area contributed by atoms with Gasteiger partial charge in [-0.3, -0.25) is 4.79 Å². The van der Waals surface area contributed by atoms with Gasteiger partial charge in [-0.05, 0) is 37.8 Å². The van der Waals surface area contributed by atoms with E-state index in [2.05, 4.69) is 10.3 Å². The molecule has 5 nitrogen and oxygen atoms in total. The molecule has 0 saturated carbocycles. The second-order valence-electron chi connectivity index (χ2n) is 6.35. The highest BCUT2D eigenvalue weighted by Crippen LogP contribution is 2.26. The summed E-state index contributed by atoms with van der Waals surface area (Å²) in [5, 5.41) is 14.8. The predicted octanol–water partition coefficient (Wildman–Crippen LogP) is 3.24. The number of aliphatic hydroxyl groups excluding tert-OH is 1. The molecule has 6 heteroatoms. The fourth-order valence-corrected chi connectivity index (χ4v) is 3.08. The van der Waals surface area contributed by atoms with E-state index in [9.17, 15) is 9.90 Å². The van der Waals surface area contributed by atoms with Crippen molar-refractivity contribution in [3.8, 4) is 10.8 Å². The maximum Gasteiger partial charge on any atom is 0.270 e. The molecule has 0 aliphatic rings. The molecule has 2 heterocycles. The Bertz CT molecular complexity index is 643. The summed E-state index contributed by atoms with van der Waals surface area (Å²) < 4.78 is 5.51. The molecule has 1 atom stereocenters. The van der Waals surface area contributed by atoms with E-state index in [0.717, 1.165) is 5.76 Å². The molecule has 0 bridgehead atoms. The first-order chi connectivity index (χ1) is 10.3. The van der Waals surface area contributed by atoms with Gasteiger partial charge in [0.25, 0.3) is 5.91 Å². The van der Waals surface area contributed by atoms with Crippen molar-refractivity contribution in [2.24, 2.45) is 5.41 Å². The van der Waals surface area contributed by atoms with Gasteiger partial charge in [0, 0.05) is 11.9 Å². The molecule has 0 aromatic carbocycles. The molecule has 1 unspecified atom stereocenters. The summed E-state index contributed by atoms with van der Waals surface area (Å²) in [6.45, 7) is 8.14. The third-order valence-corrected chi connectivity index (χ3v) is 4.12. The minimum Gasteiger partial charge on any atom is -0.459 e. The van der Waals surface area contributed by atoms with Gasteiger partial charge in [0.05, 0.1) is 6.10 Å². The molecule has 2 rings (SSSR count). The Hall–Kier alpha value is -1.66. The van der Waals surface area contributed by atoms with Gasteiger partial charge in [-0.1, -0.05) is 13.8 Å². The summed E-state index contributed by atoms with van der Waals surface area (Å²) in [5.41, 5.74) is 0.225. The number of nitrogens with zero attached hydrogens (tertiary/aromatic N) is 1. The highest BCUT2D eigenvalue weighted by Gasteiger charge is 2.22. The molecule has 22 heavy (non-hydrogen) atoms. The molecule has 2 aromatic rings. The topological polar surface area (TPSA) is 75.4 Å². The average Bonchev–Trinajstić information content (AvgIpc) is 3.03. The number of rotatable bonds is 6.